The number of carbonyl (C=O) groups excluding carboxylic acids is 3. The fourth-order valence-corrected chi connectivity index (χ4v) is 4.33. The predicted molar refractivity (Wildman–Crippen MR) is 148 cm³/mol. The Labute approximate surface area is 233 Å². The molecule has 2 aromatic carbocycles. The number of aliphatic imine (C=N–C) groups is 1. The Morgan fingerprint density at radius 1 is 1.22 bits per heavy atom. The number of benzene rings is 2. The standard InChI is InChI=1S/C27H28FN9O4/c1-41-25(39)11-21(16-4-2-5-19(8-16)37-7-3-6-33-37)34-24(38)15-29-26(40)17-9-22(20-14-32-36-23(20)10-17)35-27-30-12-18(28)13-31-27/h2-10,14,18,21H,11-13,15H2,1H3,(H,29,40)(H,32,36)(H,34,38)(H2,30,31,35)/t21-/m0/s1. The normalized spacial score (nSPS) is 15.4. The van der Waals surface area contributed by atoms with Crippen LogP contribution in [0.15, 0.2) is 66.0 Å². The molecule has 1 aliphatic rings. The Balaban J connectivity index is 1.27. The third-order valence-electron chi connectivity index (χ3n) is 6.40. The van der Waals surface area contributed by atoms with E-state index in [0.29, 0.717) is 28.1 Å². The number of alkyl halides is 1. The summed E-state index contributed by atoms with van der Waals surface area (Å²) in [6.07, 6.45) is 3.85. The third-order valence-corrected chi connectivity index (χ3v) is 6.40. The van der Waals surface area contributed by atoms with Crippen molar-refractivity contribution in [3.05, 3.63) is 72.2 Å². The van der Waals surface area contributed by atoms with Crippen molar-refractivity contribution in [2.75, 3.05) is 32.1 Å². The molecule has 0 saturated heterocycles. The van der Waals surface area contributed by atoms with Gasteiger partial charge in [0.25, 0.3) is 5.91 Å². The molecular formula is C27H28FN9O4. The van der Waals surface area contributed by atoms with Gasteiger partial charge in [0.05, 0.1) is 62.3 Å². The van der Waals surface area contributed by atoms with Crippen molar-refractivity contribution in [3.8, 4) is 5.69 Å². The van der Waals surface area contributed by atoms with Crippen molar-refractivity contribution in [1.29, 1.82) is 0 Å². The lowest BCUT2D eigenvalue weighted by molar-refractivity contribution is -0.141. The first-order valence-electron chi connectivity index (χ1n) is 12.8. The molecule has 5 rings (SSSR count). The quantitative estimate of drug-likeness (QED) is 0.192. The highest BCUT2D eigenvalue weighted by molar-refractivity contribution is 6.07. The maximum atomic E-state index is 13.4. The van der Waals surface area contributed by atoms with Gasteiger partial charge in [0.15, 0.2) is 5.96 Å². The van der Waals surface area contributed by atoms with Gasteiger partial charge in [0.2, 0.25) is 5.91 Å². The predicted octanol–water partition coefficient (Wildman–Crippen LogP) is 1.61. The first-order valence-corrected chi connectivity index (χ1v) is 12.8. The van der Waals surface area contributed by atoms with E-state index in [1.165, 1.54) is 7.11 Å². The maximum absolute atomic E-state index is 13.4. The highest BCUT2D eigenvalue weighted by atomic mass is 19.1. The van der Waals surface area contributed by atoms with E-state index in [-0.39, 0.29) is 31.6 Å². The summed E-state index contributed by atoms with van der Waals surface area (Å²) < 4.78 is 19.9. The molecule has 3 heterocycles. The molecule has 41 heavy (non-hydrogen) atoms. The van der Waals surface area contributed by atoms with Crippen LogP contribution in [0.2, 0.25) is 0 Å². The van der Waals surface area contributed by atoms with Crippen molar-refractivity contribution in [1.82, 2.24) is 35.9 Å². The van der Waals surface area contributed by atoms with Crippen LogP contribution >= 0.6 is 0 Å². The van der Waals surface area contributed by atoms with Gasteiger partial charge in [-0.25, -0.2) is 14.1 Å². The van der Waals surface area contributed by atoms with Crippen LogP contribution in [0.1, 0.15) is 28.4 Å². The minimum Gasteiger partial charge on any atom is -0.469 e. The van der Waals surface area contributed by atoms with Crippen molar-refractivity contribution in [2.45, 2.75) is 18.6 Å². The van der Waals surface area contributed by atoms with Crippen LogP contribution in [-0.4, -0.2) is 76.6 Å². The van der Waals surface area contributed by atoms with Crippen LogP contribution in [0.3, 0.4) is 0 Å². The van der Waals surface area contributed by atoms with E-state index in [2.05, 4.69) is 41.6 Å². The van der Waals surface area contributed by atoms with Gasteiger partial charge in [0, 0.05) is 23.3 Å². The number of amides is 2. The lowest BCUT2D eigenvalue weighted by atomic mass is 10.0. The number of carbonyl (C=O) groups is 3. The zero-order chi connectivity index (χ0) is 28.8. The Morgan fingerprint density at radius 2 is 2.10 bits per heavy atom. The first-order chi connectivity index (χ1) is 19.9. The number of nitrogens with one attached hydrogen (secondary N) is 5. The molecule has 0 fully saturated rings. The molecule has 1 aliphatic heterocycles. The number of esters is 1. The van der Waals surface area contributed by atoms with E-state index in [0.717, 1.165) is 5.69 Å². The van der Waals surface area contributed by atoms with Crippen molar-refractivity contribution in [3.63, 3.8) is 0 Å². The number of nitrogens with zero attached hydrogens (tertiary/aromatic N) is 4. The first kappa shape index (κ1) is 27.3. The van der Waals surface area contributed by atoms with Gasteiger partial charge in [-0.05, 0) is 35.9 Å². The van der Waals surface area contributed by atoms with Crippen LogP contribution in [0.25, 0.3) is 16.6 Å². The number of H-pyrrole nitrogens is 1. The molecule has 2 atom stereocenters. The summed E-state index contributed by atoms with van der Waals surface area (Å²) in [7, 11) is 1.27. The molecule has 0 bridgehead atoms. The SMILES string of the molecule is COC(=O)C[C@H](NC(=O)CNC(=O)c1cc(NC2=NCC(F)CN2)c2cn[nH]c2c1)c1cccc(-n2cccn2)c1. The topological polar surface area (TPSA) is 167 Å². The number of rotatable bonds is 9. The van der Waals surface area contributed by atoms with Gasteiger partial charge in [-0.1, -0.05) is 12.1 Å². The molecule has 0 saturated carbocycles. The van der Waals surface area contributed by atoms with E-state index in [1.807, 2.05) is 12.1 Å². The fraction of sp³-hybridized carbons (Fsp3) is 0.259. The second-order valence-electron chi connectivity index (χ2n) is 9.28. The van der Waals surface area contributed by atoms with E-state index in [9.17, 15) is 18.8 Å². The van der Waals surface area contributed by atoms with Gasteiger partial charge >= 0.3 is 5.97 Å². The fourth-order valence-electron chi connectivity index (χ4n) is 4.33. The third kappa shape index (κ3) is 6.66. The van der Waals surface area contributed by atoms with Crippen LogP contribution < -0.4 is 21.3 Å². The van der Waals surface area contributed by atoms with Gasteiger partial charge in [-0.15, -0.1) is 0 Å². The van der Waals surface area contributed by atoms with Gasteiger partial charge in [-0.2, -0.15) is 10.2 Å². The number of guanidine groups is 1. The summed E-state index contributed by atoms with van der Waals surface area (Å²) in [4.78, 5) is 42.2. The summed E-state index contributed by atoms with van der Waals surface area (Å²) in [5, 5.41) is 23.1. The number of aromatic amines is 1. The number of hydrogen-bond donors (Lipinski definition) is 5. The second-order valence-corrected chi connectivity index (χ2v) is 9.28. The Hall–Kier alpha value is -5.27. The van der Waals surface area contributed by atoms with Crippen LogP contribution in [0.4, 0.5) is 10.1 Å². The summed E-state index contributed by atoms with van der Waals surface area (Å²) in [5.41, 5.74) is 2.79. The van der Waals surface area contributed by atoms with Gasteiger partial charge < -0.3 is 26.0 Å². The van der Waals surface area contributed by atoms with E-state index < -0.39 is 30.0 Å². The highest BCUT2D eigenvalue weighted by Crippen LogP contribution is 2.24. The number of halogens is 1. The number of hydrogen-bond acceptors (Lipinski definition) is 9. The second kappa shape index (κ2) is 12.3. The van der Waals surface area contributed by atoms with Crippen molar-refractivity contribution in [2.24, 2.45) is 4.99 Å². The Bertz CT molecular complexity index is 1580. The maximum Gasteiger partial charge on any atom is 0.307 e. The monoisotopic (exact) mass is 561 g/mol. The molecule has 0 spiro atoms. The number of fused-ring (bicyclic) bond motifs is 1. The molecule has 13 nitrogen and oxygen atoms in total. The van der Waals surface area contributed by atoms with Crippen LogP contribution in [-0.2, 0) is 14.3 Å². The molecule has 0 radical (unpaired) electrons. The minimum atomic E-state index is -1.06. The molecular weight excluding hydrogens is 533 g/mol. The molecule has 5 N–H and O–H groups in total. The minimum absolute atomic E-state index is 0.0314. The molecule has 2 aromatic heterocycles. The largest absolute Gasteiger partial charge is 0.469 e. The van der Waals surface area contributed by atoms with Crippen molar-refractivity contribution >= 4 is 40.3 Å². The lowest BCUT2D eigenvalue weighted by Gasteiger charge is -2.20. The summed E-state index contributed by atoms with van der Waals surface area (Å²) >= 11 is 0. The zero-order valence-corrected chi connectivity index (χ0v) is 22.1. The molecule has 1 unspecified atom stereocenters. The number of anilines is 1. The molecule has 0 aliphatic carbocycles. The highest BCUT2D eigenvalue weighted by Gasteiger charge is 2.21. The number of methoxy groups -OCH3 is 1. The van der Waals surface area contributed by atoms with Crippen LogP contribution in [0.5, 0.6) is 0 Å². The molecule has 212 valence electrons. The Morgan fingerprint density at radius 3 is 2.85 bits per heavy atom. The van der Waals surface area contributed by atoms with Gasteiger partial charge in [-0.3, -0.25) is 19.5 Å². The van der Waals surface area contributed by atoms with E-state index >= 15 is 0 Å². The smallest absolute Gasteiger partial charge is 0.307 e. The molecule has 14 heteroatoms. The summed E-state index contributed by atoms with van der Waals surface area (Å²) in [5.74, 6) is -1.13. The van der Waals surface area contributed by atoms with E-state index in [1.54, 1.807) is 53.6 Å². The molecule has 4 aromatic rings. The number of aromatic nitrogens is 4. The van der Waals surface area contributed by atoms with E-state index in [4.69, 9.17) is 4.74 Å². The average Bonchev–Trinajstić information content (AvgIpc) is 3.70. The number of ether oxygens (including phenoxy) is 1. The summed E-state index contributed by atoms with van der Waals surface area (Å²) in [6, 6.07) is 11.5. The lowest BCUT2D eigenvalue weighted by Crippen LogP contribution is -2.41. The van der Waals surface area contributed by atoms with Crippen molar-refractivity contribution < 1.29 is 23.5 Å². The zero-order valence-electron chi connectivity index (χ0n) is 22.1. The average molecular weight is 562 g/mol. The Kier molecular flexibility index (Phi) is 8.18. The van der Waals surface area contributed by atoms with Gasteiger partial charge in [0.1, 0.15) is 6.17 Å². The molecule has 2 amide bonds. The van der Waals surface area contributed by atoms with Crippen LogP contribution in [0, 0.1) is 0 Å². The summed E-state index contributed by atoms with van der Waals surface area (Å²) in [6.45, 7) is -0.185.